The Labute approximate surface area is 85.3 Å². The van der Waals surface area contributed by atoms with Gasteiger partial charge in [0.05, 0.1) is 17.6 Å². The maximum absolute atomic E-state index is 12.2. The van der Waals surface area contributed by atoms with Crippen LogP contribution in [0.5, 0.6) is 5.75 Å². The van der Waals surface area contributed by atoms with Gasteiger partial charge in [0.1, 0.15) is 18.5 Å². The molecule has 1 aromatic carbocycles. The molecule has 15 heavy (non-hydrogen) atoms. The minimum atomic E-state index is -1.50. The molecule has 0 spiro atoms. The van der Waals surface area contributed by atoms with Crippen LogP contribution in [-0.4, -0.2) is 23.8 Å². The molecule has 0 aromatic heterocycles. The summed E-state index contributed by atoms with van der Waals surface area (Å²) in [6, 6.07) is 3.81. The molecule has 0 aliphatic carbocycles. The first-order valence-electron chi connectivity index (χ1n) is 4.16. The number of halogens is 1. The Morgan fingerprint density at radius 2 is 2.33 bits per heavy atom. The van der Waals surface area contributed by atoms with Gasteiger partial charge in [-0.3, -0.25) is 10.1 Å². The summed E-state index contributed by atoms with van der Waals surface area (Å²) in [5, 5.41) is 19.8. The molecule has 0 amide bonds. The van der Waals surface area contributed by atoms with Gasteiger partial charge >= 0.3 is 0 Å². The van der Waals surface area contributed by atoms with Crippen LogP contribution < -0.4 is 4.74 Å². The molecule has 0 bridgehead atoms. The van der Waals surface area contributed by atoms with Crippen LogP contribution in [0, 0.1) is 10.1 Å². The van der Waals surface area contributed by atoms with E-state index in [-0.39, 0.29) is 11.3 Å². The number of rotatable bonds is 4. The molecule has 0 saturated heterocycles. The number of alkyl halides is 1. The topological polar surface area (TPSA) is 72.6 Å². The molecule has 0 fully saturated rings. The first-order valence-corrected chi connectivity index (χ1v) is 4.16. The van der Waals surface area contributed by atoms with Crippen LogP contribution in [0.4, 0.5) is 10.1 Å². The summed E-state index contributed by atoms with van der Waals surface area (Å²) >= 11 is 0. The highest BCUT2D eigenvalue weighted by molar-refractivity contribution is 5.46. The van der Waals surface area contributed by atoms with Crippen molar-refractivity contribution in [1.82, 2.24) is 0 Å². The maximum Gasteiger partial charge on any atom is 0.275 e. The lowest BCUT2D eigenvalue weighted by Gasteiger charge is -2.08. The standard InChI is InChI=1S/C9H10FNO4/c1-15-6-2-3-8(11(13)14)7(4-6)9(12)5-10/h2-4,9,12H,5H2,1H3. The molecule has 1 rings (SSSR count). The molecule has 0 aliphatic heterocycles. The van der Waals surface area contributed by atoms with E-state index in [1.807, 2.05) is 0 Å². The molecule has 0 radical (unpaired) electrons. The molecular formula is C9H10FNO4. The smallest absolute Gasteiger partial charge is 0.275 e. The lowest BCUT2D eigenvalue weighted by Crippen LogP contribution is -2.04. The molecular weight excluding hydrogens is 205 g/mol. The van der Waals surface area contributed by atoms with E-state index in [2.05, 4.69) is 0 Å². The molecule has 0 aliphatic rings. The van der Waals surface area contributed by atoms with E-state index in [9.17, 15) is 19.6 Å². The van der Waals surface area contributed by atoms with Gasteiger partial charge in [0.15, 0.2) is 0 Å². The van der Waals surface area contributed by atoms with Crippen molar-refractivity contribution < 1.29 is 19.2 Å². The van der Waals surface area contributed by atoms with Crippen LogP contribution in [-0.2, 0) is 0 Å². The van der Waals surface area contributed by atoms with Crippen LogP contribution in [0.2, 0.25) is 0 Å². The number of nitro groups is 1. The summed E-state index contributed by atoms with van der Waals surface area (Å²) in [5.74, 6) is 0.336. The van der Waals surface area contributed by atoms with Crippen molar-refractivity contribution in [3.8, 4) is 5.75 Å². The van der Waals surface area contributed by atoms with E-state index in [1.165, 1.54) is 25.3 Å². The van der Waals surface area contributed by atoms with E-state index in [0.29, 0.717) is 5.75 Å². The highest BCUT2D eigenvalue weighted by Crippen LogP contribution is 2.29. The molecule has 82 valence electrons. The molecule has 0 heterocycles. The van der Waals surface area contributed by atoms with Crippen molar-refractivity contribution in [3.63, 3.8) is 0 Å². The average molecular weight is 215 g/mol. The number of hydrogen-bond acceptors (Lipinski definition) is 4. The fourth-order valence-electron chi connectivity index (χ4n) is 1.18. The second kappa shape index (κ2) is 4.70. The van der Waals surface area contributed by atoms with Gasteiger partial charge < -0.3 is 9.84 Å². The summed E-state index contributed by atoms with van der Waals surface area (Å²) in [6.45, 7) is -1.08. The van der Waals surface area contributed by atoms with Crippen LogP contribution >= 0.6 is 0 Å². The summed E-state index contributed by atoms with van der Waals surface area (Å²) in [7, 11) is 1.38. The summed E-state index contributed by atoms with van der Waals surface area (Å²) in [6.07, 6.45) is -1.50. The highest BCUT2D eigenvalue weighted by atomic mass is 19.1. The first kappa shape index (κ1) is 11.4. The van der Waals surface area contributed by atoms with Gasteiger partial charge in [-0.25, -0.2) is 4.39 Å². The van der Waals surface area contributed by atoms with Crippen molar-refractivity contribution in [2.45, 2.75) is 6.10 Å². The van der Waals surface area contributed by atoms with Gasteiger partial charge in [-0.1, -0.05) is 0 Å². The number of aliphatic hydroxyl groups is 1. The Balaban J connectivity index is 3.22. The van der Waals surface area contributed by atoms with E-state index >= 15 is 0 Å². The number of ether oxygens (including phenoxy) is 1. The average Bonchev–Trinajstić information content (AvgIpc) is 2.26. The number of nitrogens with zero attached hydrogens (tertiary/aromatic N) is 1. The third-order valence-electron chi connectivity index (χ3n) is 1.94. The van der Waals surface area contributed by atoms with E-state index in [0.717, 1.165) is 0 Å². The minimum Gasteiger partial charge on any atom is -0.497 e. The zero-order valence-electron chi connectivity index (χ0n) is 8.01. The monoisotopic (exact) mass is 215 g/mol. The van der Waals surface area contributed by atoms with Crippen LogP contribution in [0.1, 0.15) is 11.7 Å². The molecule has 6 heteroatoms. The molecule has 5 nitrogen and oxygen atoms in total. The normalized spacial score (nSPS) is 12.2. The Hall–Kier alpha value is -1.69. The molecule has 0 saturated carbocycles. The van der Waals surface area contributed by atoms with E-state index < -0.39 is 17.7 Å². The Bertz CT molecular complexity index is 369. The number of aliphatic hydroxyl groups excluding tert-OH is 1. The van der Waals surface area contributed by atoms with E-state index in [1.54, 1.807) is 0 Å². The maximum atomic E-state index is 12.2. The van der Waals surface area contributed by atoms with Crippen LogP contribution in [0.25, 0.3) is 0 Å². The van der Waals surface area contributed by atoms with Gasteiger partial charge in [-0.15, -0.1) is 0 Å². The van der Waals surface area contributed by atoms with Crippen molar-refractivity contribution in [2.24, 2.45) is 0 Å². The van der Waals surface area contributed by atoms with Crippen LogP contribution in [0.15, 0.2) is 18.2 Å². The number of methoxy groups -OCH3 is 1. The predicted octanol–water partition coefficient (Wildman–Crippen LogP) is 1.61. The predicted molar refractivity (Wildman–Crippen MR) is 50.6 cm³/mol. The summed E-state index contributed by atoms with van der Waals surface area (Å²) in [5.41, 5.74) is -0.400. The number of hydrogen-bond donors (Lipinski definition) is 1. The van der Waals surface area contributed by atoms with Gasteiger partial charge in [0, 0.05) is 6.07 Å². The fraction of sp³-hybridized carbons (Fsp3) is 0.333. The lowest BCUT2D eigenvalue weighted by molar-refractivity contribution is -0.386. The SMILES string of the molecule is COc1ccc([N+](=O)[O-])c(C(O)CF)c1. The summed E-state index contributed by atoms with van der Waals surface area (Å²) in [4.78, 5) is 9.90. The Morgan fingerprint density at radius 1 is 1.67 bits per heavy atom. The van der Waals surface area contributed by atoms with E-state index in [4.69, 9.17) is 4.74 Å². The number of nitro benzene ring substituents is 1. The van der Waals surface area contributed by atoms with Gasteiger partial charge in [-0.05, 0) is 12.1 Å². The summed E-state index contributed by atoms with van der Waals surface area (Å²) < 4.78 is 17.1. The number of benzene rings is 1. The Kier molecular flexibility index (Phi) is 3.56. The van der Waals surface area contributed by atoms with Gasteiger partial charge in [0.2, 0.25) is 0 Å². The lowest BCUT2D eigenvalue weighted by atomic mass is 10.1. The quantitative estimate of drug-likeness (QED) is 0.611. The molecule has 1 aromatic rings. The van der Waals surface area contributed by atoms with Crippen molar-refractivity contribution >= 4 is 5.69 Å². The van der Waals surface area contributed by atoms with Crippen LogP contribution in [0.3, 0.4) is 0 Å². The molecule has 1 atom stereocenters. The zero-order chi connectivity index (χ0) is 11.4. The second-order valence-corrected chi connectivity index (χ2v) is 2.85. The minimum absolute atomic E-state index is 0.0816. The Morgan fingerprint density at radius 3 is 2.80 bits per heavy atom. The highest BCUT2D eigenvalue weighted by Gasteiger charge is 2.20. The third kappa shape index (κ3) is 2.41. The van der Waals surface area contributed by atoms with Crippen molar-refractivity contribution in [1.29, 1.82) is 0 Å². The second-order valence-electron chi connectivity index (χ2n) is 2.85. The van der Waals surface area contributed by atoms with Crippen molar-refractivity contribution in [2.75, 3.05) is 13.8 Å². The van der Waals surface area contributed by atoms with Gasteiger partial charge in [-0.2, -0.15) is 0 Å². The fourth-order valence-corrected chi connectivity index (χ4v) is 1.18. The first-order chi connectivity index (χ1) is 7.10. The van der Waals surface area contributed by atoms with Gasteiger partial charge in [0.25, 0.3) is 5.69 Å². The molecule has 1 unspecified atom stereocenters. The largest absolute Gasteiger partial charge is 0.497 e. The third-order valence-corrected chi connectivity index (χ3v) is 1.94. The molecule has 1 N–H and O–H groups in total. The van der Waals surface area contributed by atoms with Crippen molar-refractivity contribution in [3.05, 3.63) is 33.9 Å². The zero-order valence-corrected chi connectivity index (χ0v) is 8.01.